The number of hydrogen-bond donors (Lipinski definition) is 0. The van der Waals surface area contributed by atoms with E-state index >= 15 is 0 Å². The first-order chi connectivity index (χ1) is 15.0. The summed E-state index contributed by atoms with van der Waals surface area (Å²) in [7, 11) is 1.53. The van der Waals surface area contributed by atoms with Crippen LogP contribution in [0.5, 0.6) is 5.75 Å². The molecular formula is C23H23IN2O5. The van der Waals surface area contributed by atoms with Gasteiger partial charge in [0.1, 0.15) is 11.8 Å². The lowest BCUT2D eigenvalue weighted by Gasteiger charge is -2.30. The lowest BCUT2D eigenvalue weighted by atomic mass is 10.1. The lowest BCUT2D eigenvalue weighted by Crippen LogP contribution is -2.48. The van der Waals surface area contributed by atoms with Crippen LogP contribution >= 0.6 is 22.6 Å². The number of nitrogens with zero attached hydrogens (tertiary/aromatic N) is 2. The molecule has 2 heterocycles. The Morgan fingerprint density at radius 1 is 1.23 bits per heavy atom. The molecule has 2 aromatic rings. The number of methoxy groups -OCH3 is 1. The number of halogens is 1. The van der Waals surface area contributed by atoms with Gasteiger partial charge in [-0.3, -0.25) is 14.4 Å². The van der Waals surface area contributed by atoms with E-state index in [0.29, 0.717) is 23.6 Å². The van der Waals surface area contributed by atoms with Crippen molar-refractivity contribution < 1.29 is 23.9 Å². The first-order valence-corrected chi connectivity index (χ1v) is 11.2. The zero-order chi connectivity index (χ0) is 22.0. The second kappa shape index (κ2) is 9.35. The predicted molar refractivity (Wildman–Crippen MR) is 123 cm³/mol. The Labute approximate surface area is 194 Å². The van der Waals surface area contributed by atoms with Gasteiger partial charge in [0.15, 0.2) is 0 Å². The second-order valence-corrected chi connectivity index (χ2v) is 8.83. The summed E-state index contributed by atoms with van der Waals surface area (Å²) in [6.45, 7) is 0.901. The van der Waals surface area contributed by atoms with E-state index in [2.05, 4.69) is 22.6 Å². The molecule has 2 fully saturated rings. The fraction of sp³-hybridized carbons (Fsp3) is 0.348. The highest BCUT2D eigenvalue weighted by Gasteiger charge is 2.45. The Morgan fingerprint density at radius 3 is 2.68 bits per heavy atom. The summed E-state index contributed by atoms with van der Waals surface area (Å²) in [5, 5.41) is 0. The van der Waals surface area contributed by atoms with Gasteiger partial charge in [-0.2, -0.15) is 0 Å². The molecule has 0 bridgehead atoms. The average molecular weight is 534 g/mol. The number of anilines is 1. The smallest absolute Gasteiger partial charge is 0.257 e. The highest BCUT2D eigenvalue weighted by atomic mass is 127. The standard InChI is InChI=1S/C23H23IN2O5/c1-30-18-5-2-4-15(12-18)22(28)25(14-19-6-3-11-31-19)20-13-21(27)26(23(20)29)17-9-7-16(24)8-10-17/h2,4-5,7-10,12,19-20H,3,6,11,13-14H2,1H3. The van der Waals surface area contributed by atoms with Gasteiger partial charge in [-0.15, -0.1) is 0 Å². The molecule has 0 N–H and O–H groups in total. The van der Waals surface area contributed by atoms with Crippen LogP contribution in [-0.2, 0) is 14.3 Å². The van der Waals surface area contributed by atoms with Crippen molar-refractivity contribution >= 4 is 46.0 Å². The molecule has 3 amide bonds. The van der Waals surface area contributed by atoms with E-state index in [1.807, 2.05) is 12.1 Å². The number of ether oxygens (including phenoxy) is 2. The molecule has 2 aliphatic rings. The Balaban J connectivity index is 1.64. The molecule has 2 aliphatic heterocycles. The maximum absolute atomic E-state index is 13.5. The zero-order valence-corrected chi connectivity index (χ0v) is 19.3. The van der Waals surface area contributed by atoms with Crippen LogP contribution in [0.2, 0.25) is 0 Å². The normalized spacial score (nSPS) is 20.9. The van der Waals surface area contributed by atoms with Crippen molar-refractivity contribution in [2.24, 2.45) is 0 Å². The third-order valence-electron chi connectivity index (χ3n) is 5.59. The zero-order valence-electron chi connectivity index (χ0n) is 17.1. The van der Waals surface area contributed by atoms with Crippen LogP contribution in [0.1, 0.15) is 29.6 Å². The fourth-order valence-electron chi connectivity index (χ4n) is 4.00. The largest absolute Gasteiger partial charge is 0.497 e. The van der Waals surface area contributed by atoms with Crippen molar-refractivity contribution in [2.45, 2.75) is 31.4 Å². The number of rotatable bonds is 6. The van der Waals surface area contributed by atoms with Gasteiger partial charge in [0.05, 0.1) is 25.3 Å². The molecular weight excluding hydrogens is 511 g/mol. The maximum atomic E-state index is 13.5. The first-order valence-electron chi connectivity index (χ1n) is 10.2. The molecule has 162 valence electrons. The molecule has 2 atom stereocenters. The summed E-state index contributed by atoms with van der Waals surface area (Å²) in [5.74, 6) is -0.463. The van der Waals surface area contributed by atoms with Gasteiger partial charge in [0.25, 0.3) is 11.8 Å². The minimum absolute atomic E-state index is 0.0484. The van der Waals surface area contributed by atoms with Crippen molar-refractivity contribution in [3.05, 3.63) is 57.7 Å². The highest BCUT2D eigenvalue weighted by molar-refractivity contribution is 14.1. The number of hydrogen-bond acceptors (Lipinski definition) is 5. The molecule has 0 saturated carbocycles. The summed E-state index contributed by atoms with van der Waals surface area (Å²) in [6, 6.07) is 13.1. The van der Waals surface area contributed by atoms with Crippen LogP contribution in [0.4, 0.5) is 5.69 Å². The van der Waals surface area contributed by atoms with Crippen molar-refractivity contribution in [1.29, 1.82) is 0 Å². The summed E-state index contributed by atoms with van der Waals surface area (Å²) in [5.41, 5.74) is 0.925. The van der Waals surface area contributed by atoms with Crippen LogP contribution in [0.3, 0.4) is 0 Å². The summed E-state index contributed by atoms with van der Waals surface area (Å²) >= 11 is 2.17. The second-order valence-electron chi connectivity index (χ2n) is 7.59. The molecule has 2 unspecified atom stereocenters. The van der Waals surface area contributed by atoms with Crippen LogP contribution in [-0.4, -0.2) is 55.0 Å². The van der Waals surface area contributed by atoms with E-state index in [1.165, 1.54) is 16.9 Å². The van der Waals surface area contributed by atoms with Crippen LogP contribution in [0.25, 0.3) is 0 Å². The SMILES string of the molecule is COc1cccc(C(=O)N(CC2CCCO2)C2CC(=O)N(c3ccc(I)cc3)C2=O)c1. The third kappa shape index (κ3) is 4.59. The van der Waals surface area contributed by atoms with E-state index in [0.717, 1.165) is 16.4 Å². The Kier molecular flexibility index (Phi) is 6.57. The molecule has 2 saturated heterocycles. The lowest BCUT2D eigenvalue weighted by molar-refractivity contribution is -0.122. The molecule has 31 heavy (non-hydrogen) atoms. The van der Waals surface area contributed by atoms with E-state index < -0.39 is 6.04 Å². The Morgan fingerprint density at radius 2 is 2.00 bits per heavy atom. The van der Waals surface area contributed by atoms with Gasteiger partial charge in [-0.1, -0.05) is 6.07 Å². The molecule has 0 aliphatic carbocycles. The number of benzene rings is 2. The molecule has 4 rings (SSSR count). The third-order valence-corrected chi connectivity index (χ3v) is 6.30. The fourth-order valence-corrected chi connectivity index (χ4v) is 4.36. The quantitative estimate of drug-likeness (QED) is 0.420. The average Bonchev–Trinajstić information content (AvgIpc) is 3.40. The molecule has 2 aromatic carbocycles. The van der Waals surface area contributed by atoms with E-state index in [4.69, 9.17) is 9.47 Å². The molecule has 0 radical (unpaired) electrons. The van der Waals surface area contributed by atoms with Gasteiger partial charge in [0, 0.05) is 22.3 Å². The van der Waals surface area contributed by atoms with E-state index in [1.54, 1.807) is 36.4 Å². The number of carbonyl (C=O) groups is 3. The maximum Gasteiger partial charge on any atom is 0.257 e. The molecule has 8 heteroatoms. The highest BCUT2D eigenvalue weighted by Crippen LogP contribution is 2.29. The van der Waals surface area contributed by atoms with Crippen molar-refractivity contribution in [2.75, 3.05) is 25.2 Å². The van der Waals surface area contributed by atoms with E-state index in [9.17, 15) is 14.4 Å². The van der Waals surface area contributed by atoms with Crippen LogP contribution in [0, 0.1) is 3.57 Å². The van der Waals surface area contributed by atoms with Gasteiger partial charge in [-0.25, -0.2) is 4.90 Å². The minimum Gasteiger partial charge on any atom is -0.497 e. The minimum atomic E-state index is -0.866. The van der Waals surface area contributed by atoms with Gasteiger partial charge in [0.2, 0.25) is 5.91 Å². The molecule has 0 aromatic heterocycles. The molecule has 0 spiro atoms. The van der Waals surface area contributed by atoms with Crippen molar-refractivity contribution in [1.82, 2.24) is 4.90 Å². The summed E-state index contributed by atoms with van der Waals surface area (Å²) in [4.78, 5) is 42.3. The Bertz CT molecular complexity index is 988. The van der Waals surface area contributed by atoms with Crippen LogP contribution in [0.15, 0.2) is 48.5 Å². The summed E-state index contributed by atoms with van der Waals surface area (Å²) < 4.78 is 12.0. The first kappa shape index (κ1) is 21.8. The number of amides is 3. The van der Waals surface area contributed by atoms with Gasteiger partial charge < -0.3 is 14.4 Å². The summed E-state index contributed by atoms with van der Waals surface area (Å²) in [6.07, 6.45) is 1.54. The van der Waals surface area contributed by atoms with Crippen molar-refractivity contribution in [3.8, 4) is 5.75 Å². The van der Waals surface area contributed by atoms with Crippen molar-refractivity contribution in [3.63, 3.8) is 0 Å². The monoisotopic (exact) mass is 534 g/mol. The number of imide groups is 1. The van der Waals surface area contributed by atoms with Gasteiger partial charge in [-0.05, 0) is 77.9 Å². The Hall–Kier alpha value is -2.46. The molecule has 7 nitrogen and oxygen atoms in total. The van der Waals surface area contributed by atoms with Crippen LogP contribution < -0.4 is 9.64 Å². The number of carbonyl (C=O) groups excluding carboxylic acids is 3. The topological polar surface area (TPSA) is 76.2 Å². The van der Waals surface area contributed by atoms with Gasteiger partial charge >= 0.3 is 0 Å². The predicted octanol–water partition coefficient (Wildman–Crippen LogP) is 3.25. The van der Waals surface area contributed by atoms with E-state index in [-0.39, 0.29) is 36.8 Å².